The number of hydrogen-bond donors (Lipinski definition) is 3. The lowest BCUT2D eigenvalue weighted by atomic mass is 9.72. The van der Waals surface area contributed by atoms with Crippen LogP contribution in [0.4, 0.5) is 0 Å². The van der Waals surface area contributed by atoms with E-state index in [0.29, 0.717) is 0 Å². The Morgan fingerprint density at radius 1 is 1.11 bits per heavy atom. The van der Waals surface area contributed by atoms with Gasteiger partial charge in [-0.15, -0.1) is 0 Å². The number of fused-ring (bicyclic) bond motifs is 3. The topological polar surface area (TPSA) is 121 Å². The zero-order valence-corrected chi connectivity index (χ0v) is 15.3. The highest BCUT2D eigenvalue weighted by Gasteiger charge is 2.47. The van der Waals surface area contributed by atoms with Crippen LogP contribution in [0.25, 0.3) is 0 Å². The zero-order chi connectivity index (χ0) is 20.4. The Morgan fingerprint density at radius 3 is 2.43 bits per heavy atom. The summed E-state index contributed by atoms with van der Waals surface area (Å²) in [7, 11) is 1.37. The number of carbonyl (C=O) groups is 3. The molecule has 7 nitrogen and oxygen atoms in total. The van der Waals surface area contributed by atoms with Gasteiger partial charge in [0.15, 0.2) is 17.3 Å². The first kappa shape index (κ1) is 18.3. The number of rotatable bonds is 2. The van der Waals surface area contributed by atoms with Crippen molar-refractivity contribution < 1.29 is 34.4 Å². The van der Waals surface area contributed by atoms with Crippen LogP contribution in [0.15, 0.2) is 24.3 Å². The third-order valence-electron chi connectivity index (χ3n) is 5.65. The number of benzene rings is 2. The Hall–Kier alpha value is -3.03. The van der Waals surface area contributed by atoms with E-state index in [1.54, 1.807) is 13.0 Å². The fourth-order valence-electron chi connectivity index (χ4n) is 4.08. The Balaban J connectivity index is 2.03. The number of aromatic hydroxyl groups is 1. The monoisotopic (exact) mass is 382 g/mol. The molecule has 4 rings (SSSR count). The molecule has 2 atom stereocenters. The Kier molecular flexibility index (Phi) is 3.92. The summed E-state index contributed by atoms with van der Waals surface area (Å²) in [6, 6.07) is 5.74. The zero-order valence-electron chi connectivity index (χ0n) is 15.3. The molecule has 0 radical (unpaired) electrons. The second kappa shape index (κ2) is 5.98. The van der Waals surface area contributed by atoms with Gasteiger partial charge < -0.3 is 20.1 Å². The molecule has 3 N–H and O–H groups in total. The van der Waals surface area contributed by atoms with Crippen LogP contribution in [0.1, 0.15) is 73.6 Å². The molecule has 7 heteroatoms. The molecule has 0 spiro atoms. The fourth-order valence-corrected chi connectivity index (χ4v) is 4.08. The summed E-state index contributed by atoms with van der Waals surface area (Å²) in [6.07, 6.45) is -1.59. The number of hydrogen-bond acceptors (Lipinski definition) is 7. The number of phenols is 1. The van der Waals surface area contributed by atoms with E-state index in [-0.39, 0.29) is 52.0 Å². The molecule has 0 heterocycles. The molecule has 2 aliphatic carbocycles. The molecule has 0 saturated carbocycles. The normalized spacial score (nSPS) is 23.1. The van der Waals surface area contributed by atoms with Crippen LogP contribution < -0.4 is 4.74 Å². The van der Waals surface area contributed by atoms with Crippen molar-refractivity contribution >= 4 is 17.3 Å². The van der Waals surface area contributed by atoms with Crippen molar-refractivity contribution in [1.82, 2.24) is 0 Å². The Bertz CT molecular complexity index is 1070. The van der Waals surface area contributed by atoms with E-state index >= 15 is 0 Å². The van der Waals surface area contributed by atoms with Crippen molar-refractivity contribution in [3.05, 3.63) is 57.6 Å². The summed E-state index contributed by atoms with van der Waals surface area (Å²) in [4.78, 5) is 38.9. The van der Waals surface area contributed by atoms with Crippen LogP contribution in [0.5, 0.6) is 11.5 Å². The molecule has 2 aromatic rings. The van der Waals surface area contributed by atoms with Crippen molar-refractivity contribution in [3.63, 3.8) is 0 Å². The lowest BCUT2D eigenvalue weighted by Crippen LogP contribution is -2.44. The van der Waals surface area contributed by atoms with Gasteiger partial charge >= 0.3 is 0 Å². The largest absolute Gasteiger partial charge is 0.507 e. The van der Waals surface area contributed by atoms with E-state index < -0.39 is 34.8 Å². The van der Waals surface area contributed by atoms with Gasteiger partial charge in [0.05, 0.1) is 24.3 Å². The molecular weight excluding hydrogens is 364 g/mol. The Morgan fingerprint density at radius 2 is 1.79 bits per heavy atom. The number of phenolic OH excluding ortho intramolecular Hbond substituents is 1. The highest BCUT2D eigenvalue weighted by Crippen LogP contribution is 2.46. The van der Waals surface area contributed by atoms with E-state index in [2.05, 4.69) is 0 Å². The quantitative estimate of drug-likeness (QED) is 0.619. The molecule has 0 bridgehead atoms. The molecule has 28 heavy (non-hydrogen) atoms. The summed E-state index contributed by atoms with van der Waals surface area (Å²) >= 11 is 0. The van der Waals surface area contributed by atoms with Crippen LogP contribution >= 0.6 is 0 Å². The first-order valence-electron chi connectivity index (χ1n) is 8.86. The van der Waals surface area contributed by atoms with E-state index in [1.807, 2.05) is 0 Å². The number of methoxy groups -OCH3 is 1. The van der Waals surface area contributed by atoms with Gasteiger partial charge in [-0.05, 0) is 18.6 Å². The summed E-state index contributed by atoms with van der Waals surface area (Å²) in [5, 5.41) is 31.8. The lowest BCUT2D eigenvalue weighted by Gasteiger charge is -2.35. The van der Waals surface area contributed by atoms with Crippen LogP contribution in [-0.4, -0.2) is 45.4 Å². The SMILES string of the molecule is CC[C@]1(O)C[C@@H](O)c2c(cc3c(c2O)C(=O)c2cccc(OC)c2C3=O)C1=O. The fraction of sp³-hybridized carbons (Fsp3) is 0.286. The van der Waals surface area contributed by atoms with Gasteiger partial charge in [-0.2, -0.15) is 0 Å². The van der Waals surface area contributed by atoms with Gasteiger partial charge in [0.1, 0.15) is 17.1 Å². The van der Waals surface area contributed by atoms with Crippen molar-refractivity contribution in [1.29, 1.82) is 0 Å². The van der Waals surface area contributed by atoms with E-state index in [0.717, 1.165) is 0 Å². The number of aliphatic hydroxyl groups excluding tert-OH is 1. The summed E-state index contributed by atoms with van der Waals surface area (Å²) in [5.74, 6) is -2.26. The summed E-state index contributed by atoms with van der Waals surface area (Å²) in [6.45, 7) is 1.60. The summed E-state index contributed by atoms with van der Waals surface area (Å²) in [5.41, 5.74) is -2.36. The minimum atomic E-state index is -1.80. The van der Waals surface area contributed by atoms with Crippen LogP contribution in [-0.2, 0) is 0 Å². The van der Waals surface area contributed by atoms with Gasteiger partial charge in [0, 0.05) is 28.7 Å². The molecule has 2 aromatic carbocycles. The van der Waals surface area contributed by atoms with Crippen LogP contribution in [0, 0.1) is 0 Å². The molecule has 0 amide bonds. The van der Waals surface area contributed by atoms with Crippen molar-refractivity contribution in [2.24, 2.45) is 0 Å². The third kappa shape index (κ3) is 2.20. The smallest absolute Gasteiger partial charge is 0.198 e. The van der Waals surface area contributed by atoms with Crippen LogP contribution in [0.2, 0.25) is 0 Å². The average Bonchev–Trinajstić information content (AvgIpc) is 2.68. The van der Waals surface area contributed by atoms with Gasteiger partial charge in [-0.1, -0.05) is 19.1 Å². The molecule has 0 saturated heterocycles. The predicted molar refractivity (Wildman–Crippen MR) is 97.1 cm³/mol. The second-order valence-electron chi connectivity index (χ2n) is 7.08. The number of aliphatic hydroxyl groups is 2. The van der Waals surface area contributed by atoms with Crippen molar-refractivity contribution in [3.8, 4) is 11.5 Å². The molecule has 0 aliphatic heterocycles. The Labute approximate surface area is 160 Å². The van der Waals surface area contributed by atoms with Crippen molar-refractivity contribution in [2.45, 2.75) is 31.5 Å². The van der Waals surface area contributed by atoms with Gasteiger partial charge in [0.2, 0.25) is 0 Å². The number of carbonyl (C=O) groups excluding carboxylic acids is 3. The highest BCUT2D eigenvalue weighted by molar-refractivity contribution is 6.31. The molecule has 0 fully saturated rings. The first-order chi connectivity index (χ1) is 13.2. The summed E-state index contributed by atoms with van der Waals surface area (Å²) < 4.78 is 5.20. The second-order valence-corrected chi connectivity index (χ2v) is 7.08. The average molecular weight is 382 g/mol. The molecule has 0 aromatic heterocycles. The minimum absolute atomic E-state index is 0.0522. The molecule has 2 aliphatic rings. The molecular formula is C21H18O7. The lowest BCUT2D eigenvalue weighted by molar-refractivity contribution is -0.00987. The third-order valence-corrected chi connectivity index (χ3v) is 5.65. The maximum absolute atomic E-state index is 13.1. The number of ether oxygens (including phenoxy) is 1. The van der Waals surface area contributed by atoms with E-state index in [9.17, 15) is 29.7 Å². The first-order valence-corrected chi connectivity index (χ1v) is 8.86. The van der Waals surface area contributed by atoms with E-state index in [1.165, 1.54) is 25.3 Å². The highest BCUT2D eigenvalue weighted by atomic mass is 16.5. The van der Waals surface area contributed by atoms with Crippen molar-refractivity contribution in [2.75, 3.05) is 7.11 Å². The number of Topliss-reactive ketones (excluding diaryl/α,β-unsaturated/α-hetero) is 1. The van der Waals surface area contributed by atoms with E-state index in [4.69, 9.17) is 4.74 Å². The predicted octanol–water partition coefficient (Wildman–Crippen LogP) is 1.94. The maximum Gasteiger partial charge on any atom is 0.198 e. The molecule has 0 unspecified atom stereocenters. The standard InChI is InChI=1S/C21H18O7/c1-3-21(27)8-12(22)14-11(20(21)26)7-10-16(19(14)25)17(23)9-5-4-6-13(28-2)15(9)18(10)24/h4-7,12,22,25,27H,3,8H2,1-2H3/t12-,21+/m1/s1. The minimum Gasteiger partial charge on any atom is -0.507 e. The van der Waals surface area contributed by atoms with Gasteiger partial charge in [-0.25, -0.2) is 0 Å². The maximum atomic E-state index is 13.1. The van der Waals surface area contributed by atoms with Crippen LogP contribution in [0.3, 0.4) is 0 Å². The number of ketones is 3. The van der Waals surface area contributed by atoms with Gasteiger partial charge in [0.25, 0.3) is 0 Å². The van der Waals surface area contributed by atoms with Gasteiger partial charge in [-0.3, -0.25) is 14.4 Å². The molecule has 144 valence electrons.